The molecule has 1 rings (SSSR count). The van der Waals surface area contributed by atoms with E-state index in [1.165, 1.54) is 0 Å². The first-order valence-electron chi connectivity index (χ1n) is 5.06. The Morgan fingerprint density at radius 2 is 1.94 bits per heavy atom. The van der Waals surface area contributed by atoms with Gasteiger partial charge in [0.1, 0.15) is 28.1 Å². The number of carbonyl (C=O) groups excluding carboxylic acids is 1. The van der Waals surface area contributed by atoms with E-state index in [4.69, 9.17) is 0 Å². The van der Waals surface area contributed by atoms with E-state index in [-0.39, 0.29) is 6.42 Å². The monoisotopic (exact) mass is 262 g/mol. The molecule has 0 amide bonds. The van der Waals surface area contributed by atoms with Crippen molar-refractivity contribution in [2.75, 3.05) is 5.75 Å². The van der Waals surface area contributed by atoms with Gasteiger partial charge in [-0.1, -0.05) is 6.92 Å². The molecule has 1 aromatic rings. The summed E-state index contributed by atoms with van der Waals surface area (Å²) >= 11 is 0. The van der Waals surface area contributed by atoms with Crippen LogP contribution in [0.5, 0.6) is 0 Å². The maximum Gasteiger partial charge on any atom is 0.188 e. The first kappa shape index (κ1) is 13.8. The predicted molar refractivity (Wildman–Crippen MR) is 58.3 cm³/mol. The maximum atomic E-state index is 13.3. The van der Waals surface area contributed by atoms with E-state index in [9.17, 15) is 22.0 Å². The molecule has 6 heteroatoms. The number of ketones is 1. The molecule has 94 valence electrons. The summed E-state index contributed by atoms with van der Waals surface area (Å²) in [6.45, 7) is 1.74. The molecule has 0 N–H and O–H groups in total. The fourth-order valence-electron chi connectivity index (χ4n) is 1.37. The highest BCUT2D eigenvalue weighted by atomic mass is 32.2. The molecule has 3 nitrogen and oxygen atoms in total. The Bertz CT molecular complexity index is 524. The third-order valence-corrected chi connectivity index (χ3v) is 3.81. The highest BCUT2D eigenvalue weighted by molar-refractivity contribution is 7.92. The lowest BCUT2D eigenvalue weighted by molar-refractivity contribution is -0.116. The van der Waals surface area contributed by atoms with Gasteiger partial charge in [-0.2, -0.15) is 0 Å². The minimum Gasteiger partial charge on any atom is -0.299 e. The zero-order valence-electron chi connectivity index (χ0n) is 9.24. The summed E-state index contributed by atoms with van der Waals surface area (Å²) in [5, 5.41) is 0. The van der Waals surface area contributed by atoms with Gasteiger partial charge in [-0.25, -0.2) is 17.2 Å². The summed E-state index contributed by atoms with van der Waals surface area (Å²) in [7, 11) is -4.02. The lowest BCUT2D eigenvalue weighted by Crippen LogP contribution is -2.17. The van der Waals surface area contributed by atoms with Crippen LogP contribution in [0.4, 0.5) is 8.78 Å². The van der Waals surface area contributed by atoms with Crippen LogP contribution in [0.25, 0.3) is 0 Å². The average Bonchev–Trinajstić information content (AvgIpc) is 2.15. The first-order chi connectivity index (χ1) is 7.86. The van der Waals surface area contributed by atoms with Crippen molar-refractivity contribution >= 4 is 15.6 Å². The minimum absolute atomic E-state index is 0.127. The fraction of sp³-hybridized carbons (Fsp3) is 0.364. The van der Waals surface area contributed by atoms with Crippen LogP contribution in [0.15, 0.2) is 23.1 Å². The maximum absolute atomic E-state index is 13.3. The van der Waals surface area contributed by atoms with Crippen molar-refractivity contribution in [2.45, 2.75) is 24.7 Å². The number of Topliss-reactive ketones (excluding diaryl/α,β-unsaturated/α-hetero) is 1. The summed E-state index contributed by atoms with van der Waals surface area (Å²) in [6, 6.07) is 2.16. The van der Waals surface area contributed by atoms with Crippen molar-refractivity contribution in [2.24, 2.45) is 0 Å². The molecule has 0 unspecified atom stereocenters. The number of hydrogen-bond donors (Lipinski definition) is 0. The lowest BCUT2D eigenvalue weighted by atomic mass is 10.3. The highest BCUT2D eigenvalue weighted by Crippen LogP contribution is 2.17. The van der Waals surface area contributed by atoms with Crippen molar-refractivity contribution in [3.63, 3.8) is 0 Å². The third kappa shape index (κ3) is 3.59. The predicted octanol–water partition coefficient (Wildman–Crippen LogP) is 2.11. The van der Waals surface area contributed by atoms with Crippen molar-refractivity contribution < 1.29 is 22.0 Å². The fourth-order valence-corrected chi connectivity index (χ4v) is 2.72. The van der Waals surface area contributed by atoms with Gasteiger partial charge >= 0.3 is 0 Å². The number of rotatable bonds is 5. The normalized spacial score (nSPS) is 11.5. The van der Waals surface area contributed by atoms with E-state index >= 15 is 0 Å². The Morgan fingerprint density at radius 3 is 2.47 bits per heavy atom. The molecule has 0 bridgehead atoms. The third-order valence-electron chi connectivity index (χ3n) is 2.11. The van der Waals surface area contributed by atoms with E-state index in [1.807, 2.05) is 0 Å². The van der Waals surface area contributed by atoms with Crippen LogP contribution in [0.3, 0.4) is 0 Å². The van der Waals surface area contributed by atoms with Crippen LogP contribution in [0.2, 0.25) is 0 Å². The second-order valence-electron chi connectivity index (χ2n) is 3.62. The summed E-state index contributed by atoms with van der Waals surface area (Å²) in [6.07, 6.45) is 0.655. The second kappa shape index (κ2) is 5.35. The largest absolute Gasteiger partial charge is 0.299 e. The molecule has 1 aromatic carbocycles. The van der Waals surface area contributed by atoms with Gasteiger partial charge in [0.05, 0.1) is 0 Å². The lowest BCUT2D eigenvalue weighted by Gasteiger charge is -2.04. The van der Waals surface area contributed by atoms with E-state index in [2.05, 4.69) is 0 Å². The van der Waals surface area contributed by atoms with Crippen LogP contribution >= 0.6 is 0 Å². The summed E-state index contributed by atoms with van der Waals surface area (Å²) in [4.78, 5) is 10.6. The molecule has 0 radical (unpaired) electrons. The Kier molecular flexibility index (Phi) is 4.34. The molecule has 17 heavy (non-hydrogen) atoms. The average molecular weight is 262 g/mol. The number of sulfone groups is 1. The Morgan fingerprint density at radius 1 is 1.29 bits per heavy atom. The van der Waals surface area contributed by atoms with Crippen LogP contribution < -0.4 is 0 Å². The van der Waals surface area contributed by atoms with E-state index in [0.29, 0.717) is 12.5 Å². The number of carbonyl (C=O) groups is 1. The molecule has 0 saturated heterocycles. The Labute approximate surface area is 98.4 Å². The molecular weight excluding hydrogens is 250 g/mol. The molecular formula is C11H12F2O3S. The van der Waals surface area contributed by atoms with Crippen molar-refractivity contribution in [1.82, 2.24) is 0 Å². The van der Waals surface area contributed by atoms with E-state index < -0.39 is 37.9 Å². The van der Waals surface area contributed by atoms with Gasteiger partial charge in [-0.3, -0.25) is 4.79 Å². The van der Waals surface area contributed by atoms with E-state index in [1.54, 1.807) is 6.92 Å². The molecule has 0 aliphatic carbocycles. The van der Waals surface area contributed by atoms with Crippen LogP contribution in [-0.2, 0) is 14.6 Å². The van der Waals surface area contributed by atoms with Crippen molar-refractivity contribution in [1.29, 1.82) is 0 Å². The zero-order valence-corrected chi connectivity index (χ0v) is 10.1. The number of benzene rings is 1. The Hall–Kier alpha value is -1.30. The Balaban J connectivity index is 3.01. The molecule has 0 saturated carbocycles. The first-order valence-corrected chi connectivity index (χ1v) is 6.71. The van der Waals surface area contributed by atoms with Crippen LogP contribution in [0.1, 0.15) is 19.8 Å². The van der Waals surface area contributed by atoms with Gasteiger partial charge in [0.15, 0.2) is 9.84 Å². The molecule has 0 spiro atoms. The van der Waals surface area contributed by atoms with Crippen molar-refractivity contribution in [3.05, 3.63) is 29.8 Å². The van der Waals surface area contributed by atoms with Gasteiger partial charge in [0.25, 0.3) is 0 Å². The standard InChI is InChI=1S/C11H12F2O3S/c1-2-3-9(14)7-17(15,16)11-5-4-8(12)6-10(11)13/h4-6H,2-3,7H2,1H3. The smallest absolute Gasteiger partial charge is 0.188 e. The van der Waals surface area contributed by atoms with Gasteiger partial charge in [0.2, 0.25) is 0 Å². The molecule has 0 aliphatic heterocycles. The molecule has 0 aromatic heterocycles. The van der Waals surface area contributed by atoms with E-state index in [0.717, 1.165) is 12.1 Å². The SMILES string of the molecule is CCCC(=O)CS(=O)(=O)c1ccc(F)cc1F. The van der Waals surface area contributed by atoms with Gasteiger partial charge in [-0.15, -0.1) is 0 Å². The summed E-state index contributed by atoms with van der Waals surface area (Å²) in [5.41, 5.74) is 0. The molecule has 0 fully saturated rings. The number of hydrogen-bond acceptors (Lipinski definition) is 3. The number of halogens is 2. The summed E-state index contributed by atoms with van der Waals surface area (Å²) < 4.78 is 49.2. The minimum atomic E-state index is -4.02. The summed E-state index contributed by atoms with van der Waals surface area (Å²) in [5.74, 6) is -3.25. The van der Waals surface area contributed by atoms with Gasteiger partial charge in [0, 0.05) is 12.5 Å². The van der Waals surface area contributed by atoms with Crippen LogP contribution in [-0.4, -0.2) is 20.0 Å². The molecule has 0 heterocycles. The quantitative estimate of drug-likeness (QED) is 0.764. The second-order valence-corrected chi connectivity index (χ2v) is 5.58. The zero-order chi connectivity index (χ0) is 13.1. The molecule has 0 atom stereocenters. The van der Waals surface area contributed by atoms with Gasteiger partial charge < -0.3 is 0 Å². The van der Waals surface area contributed by atoms with Crippen molar-refractivity contribution in [3.8, 4) is 0 Å². The topological polar surface area (TPSA) is 51.2 Å². The molecule has 0 aliphatic rings. The highest BCUT2D eigenvalue weighted by Gasteiger charge is 2.22. The van der Waals surface area contributed by atoms with Crippen LogP contribution in [0, 0.1) is 11.6 Å². The van der Waals surface area contributed by atoms with Gasteiger partial charge in [-0.05, 0) is 18.6 Å².